The van der Waals surface area contributed by atoms with Crippen LogP contribution >= 0.6 is 15.9 Å². The third-order valence-electron chi connectivity index (χ3n) is 2.94. The molecule has 0 aromatic heterocycles. The number of benzene rings is 2. The molecule has 0 saturated carbocycles. The molecule has 1 N–H and O–H groups in total. The zero-order valence-corrected chi connectivity index (χ0v) is 14.1. The Morgan fingerprint density at radius 2 is 1.91 bits per heavy atom. The number of hydrogen-bond donors (Lipinski definition) is 1. The van der Waals surface area contributed by atoms with Crippen LogP contribution in [-0.2, 0) is 16.2 Å². The number of carbonyl (C=O) groups is 1. The van der Waals surface area contributed by atoms with Gasteiger partial charge in [0.25, 0.3) is 0 Å². The van der Waals surface area contributed by atoms with Gasteiger partial charge in [-0.25, -0.2) is 0 Å². The molecule has 5 heteroatoms. The Bertz CT molecular complexity index is 681. The van der Waals surface area contributed by atoms with E-state index < -0.39 is 0 Å². The van der Waals surface area contributed by atoms with E-state index in [0.717, 1.165) is 27.0 Å². The Labute approximate surface area is 138 Å². The quantitative estimate of drug-likeness (QED) is 0.636. The summed E-state index contributed by atoms with van der Waals surface area (Å²) in [5, 5.41) is 6.85. The molecule has 0 aliphatic carbocycles. The van der Waals surface area contributed by atoms with Gasteiger partial charge in [0.1, 0.15) is 6.61 Å². The zero-order valence-electron chi connectivity index (χ0n) is 12.5. The number of hydrogen-bond acceptors (Lipinski definition) is 3. The lowest BCUT2D eigenvalue weighted by Crippen LogP contribution is -2.06. The Morgan fingerprint density at radius 3 is 2.55 bits per heavy atom. The van der Waals surface area contributed by atoms with Gasteiger partial charge in [0, 0.05) is 17.1 Å². The molecule has 0 aliphatic rings. The average molecular weight is 361 g/mol. The van der Waals surface area contributed by atoms with Crippen LogP contribution in [0.3, 0.4) is 0 Å². The van der Waals surface area contributed by atoms with Gasteiger partial charge < -0.3 is 10.2 Å². The van der Waals surface area contributed by atoms with E-state index in [-0.39, 0.29) is 5.91 Å². The number of oxime groups is 1. The summed E-state index contributed by atoms with van der Waals surface area (Å²) in [7, 11) is 0. The van der Waals surface area contributed by atoms with Crippen molar-refractivity contribution in [1.82, 2.24) is 0 Å². The molecule has 0 bridgehead atoms. The van der Waals surface area contributed by atoms with Crippen molar-refractivity contribution in [3.8, 4) is 0 Å². The summed E-state index contributed by atoms with van der Waals surface area (Å²) in [5.41, 5.74) is 3.54. The van der Waals surface area contributed by atoms with E-state index in [1.165, 1.54) is 6.92 Å². The molecule has 2 aromatic carbocycles. The SMILES string of the molecule is CC(=O)Nc1ccc(/C(C)=N/OCc2cccc(Br)c2)cc1. The summed E-state index contributed by atoms with van der Waals surface area (Å²) in [6.07, 6.45) is 0. The summed E-state index contributed by atoms with van der Waals surface area (Å²) in [6.45, 7) is 3.78. The highest BCUT2D eigenvalue weighted by Gasteiger charge is 2.00. The first-order valence-electron chi connectivity index (χ1n) is 6.83. The highest BCUT2D eigenvalue weighted by atomic mass is 79.9. The lowest BCUT2D eigenvalue weighted by Gasteiger charge is -2.05. The number of nitrogens with zero attached hydrogens (tertiary/aromatic N) is 1. The predicted octanol–water partition coefficient (Wildman–Crippen LogP) is 4.35. The molecule has 114 valence electrons. The fraction of sp³-hybridized carbons (Fsp3) is 0.176. The van der Waals surface area contributed by atoms with Gasteiger partial charge in [0.15, 0.2) is 0 Å². The van der Waals surface area contributed by atoms with Crippen LogP contribution in [0, 0.1) is 0 Å². The lowest BCUT2D eigenvalue weighted by molar-refractivity contribution is -0.114. The van der Waals surface area contributed by atoms with Gasteiger partial charge in [-0.3, -0.25) is 4.79 Å². The molecule has 22 heavy (non-hydrogen) atoms. The third-order valence-corrected chi connectivity index (χ3v) is 3.44. The van der Waals surface area contributed by atoms with Gasteiger partial charge in [-0.15, -0.1) is 0 Å². The fourth-order valence-corrected chi connectivity index (χ4v) is 2.33. The Kier molecular flexibility index (Phi) is 5.72. The van der Waals surface area contributed by atoms with Crippen LogP contribution in [0.4, 0.5) is 5.69 Å². The molecule has 2 rings (SSSR count). The number of anilines is 1. The third kappa shape index (κ3) is 5.00. The molecule has 2 aromatic rings. The standard InChI is InChI=1S/C17H17BrN2O2/c1-12(15-6-8-17(9-7-15)19-13(2)21)20-22-11-14-4-3-5-16(18)10-14/h3-10H,11H2,1-2H3,(H,19,21)/b20-12+. The first kappa shape index (κ1) is 16.2. The van der Waals surface area contributed by atoms with E-state index in [4.69, 9.17) is 4.84 Å². The largest absolute Gasteiger partial charge is 0.391 e. The predicted molar refractivity (Wildman–Crippen MR) is 91.9 cm³/mol. The highest BCUT2D eigenvalue weighted by Crippen LogP contribution is 2.13. The first-order valence-corrected chi connectivity index (χ1v) is 7.63. The smallest absolute Gasteiger partial charge is 0.221 e. The lowest BCUT2D eigenvalue weighted by atomic mass is 10.1. The maximum absolute atomic E-state index is 11.0. The Balaban J connectivity index is 1.95. The van der Waals surface area contributed by atoms with Crippen LogP contribution < -0.4 is 5.32 Å². The number of rotatable bonds is 5. The van der Waals surface area contributed by atoms with Crippen molar-refractivity contribution in [1.29, 1.82) is 0 Å². The van der Waals surface area contributed by atoms with Crippen LogP contribution in [0.25, 0.3) is 0 Å². The van der Waals surface area contributed by atoms with Crippen molar-refractivity contribution >= 4 is 33.2 Å². The van der Waals surface area contributed by atoms with E-state index in [1.54, 1.807) is 0 Å². The molecule has 0 radical (unpaired) electrons. The van der Waals surface area contributed by atoms with E-state index in [2.05, 4.69) is 26.4 Å². The minimum atomic E-state index is -0.0875. The van der Waals surface area contributed by atoms with Crippen LogP contribution in [0.15, 0.2) is 58.2 Å². The number of halogens is 1. The molecule has 0 saturated heterocycles. The molecule has 0 fully saturated rings. The van der Waals surface area contributed by atoms with Crippen molar-refractivity contribution in [2.75, 3.05) is 5.32 Å². The van der Waals surface area contributed by atoms with Crippen molar-refractivity contribution in [2.45, 2.75) is 20.5 Å². The second-order valence-electron chi connectivity index (χ2n) is 4.84. The second-order valence-corrected chi connectivity index (χ2v) is 5.75. The van der Waals surface area contributed by atoms with Crippen LogP contribution in [-0.4, -0.2) is 11.6 Å². The maximum atomic E-state index is 11.0. The first-order chi connectivity index (χ1) is 10.5. The number of amides is 1. The molecule has 0 aliphatic heterocycles. The molecule has 0 unspecified atom stereocenters. The van der Waals surface area contributed by atoms with Crippen LogP contribution in [0.1, 0.15) is 25.0 Å². The number of nitrogens with one attached hydrogen (secondary N) is 1. The Morgan fingerprint density at radius 1 is 1.18 bits per heavy atom. The van der Waals surface area contributed by atoms with E-state index in [9.17, 15) is 4.79 Å². The molecular formula is C17H17BrN2O2. The topological polar surface area (TPSA) is 50.7 Å². The van der Waals surface area contributed by atoms with E-state index in [0.29, 0.717) is 6.61 Å². The van der Waals surface area contributed by atoms with Crippen molar-refractivity contribution < 1.29 is 9.63 Å². The van der Waals surface area contributed by atoms with Gasteiger partial charge in [0.2, 0.25) is 5.91 Å². The van der Waals surface area contributed by atoms with Gasteiger partial charge in [0.05, 0.1) is 5.71 Å². The zero-order chi connectivity index (χ0) is 15.9. The fourth-order valence-electron chi connectivity index (χ4n) is 1.88. The minimum absolute atomic E-state index is 0.0875. The summed E-state index contributed by atoms with van der Waals surface area (Å²) in [4.78, 5) is 16.4. The van der Waals surface area contributed by atoms with Gasteiger partial charge in [-0.05, 0) is 42.3 Å². The van der Waals surface area contributed by atoms with E-state index >= 15 is 0 Å². The summed E-state index contributed by atoms with van der Waals surface area (Å²) in [5.74, 6) is -0.0875. The summed E-state index contributed by atoms with van der Waals surface area (Å²) < 4.78 is 1.02. The van der Waals surface area contributed by atoms with E-state index in [1.807, 2.05) is 55.5 Å². The van der Waals surface area contributed by atoms with Gasteiger partial charge >= 0.3 is 0 Å². The molecule has 1 amide bonds. The Hall–Kier alpha value is -2.14. The molecule has 4 nitrogen and oxygen atoms in total. The number of carbonyl (C=O) groups excluding carboxylic acids is 1. The van der Waals surface area contributed by atoms with Crippen molar-refractivity contribution in [2.24, 2.45) is 5.16 Å². The van der Waals surface area contributed by atoms with Gasteiger partial charge in [-0.1, -0.05) is 45.4 Å². The summed E-state index contributed by atoms with van der Waals surface area (Å²) >= 11 is 3.42. The second kappa shape index (κ2) is 7.75. The average Bonchev–Trinajstić information content (AvgIpc) is 2.47. The molecule has 0 atom stereocenters. The normalized spacial score (nSPS) is 11.1. The minimum Gasteiger partial charge on any atom is -0.391 e. The van der Waals surface area contributed by atoms with Crippen molar-refractivity contribution in [3.63, 3.8) is 0 Å². The monoisotopic (exact) mass is 360 g/mol. The van der Waals surface area contributed by atoms with Crippen LogP contribution in [0.2, 0.25) is 0 Å². The van der Waals surface area contributed by atoms with Crippen molar-refractivity contribution in [3.05, 3.63) is 64.1 Å². The van der Waals surface area contributed by atoms with Crippen LogP contribution in [0.5, 0.6) is 0 Å². The maximum Gasteiger partial charge on any atom is 0.221 e. The summed E-state index contributed by atoms with van der Waals surface area (Å²) in [6, 6.07) is 15.4. The molecule has 0 spiro atoms. The molecule has 0 heterocycles. The van der Waals surface area contributed by atoms with Gasteiger partial charge in [-0.2, -0.15) is 0 Å². The molecular weight excluding hydrogens is 344 g/mol. The highest BCUT2D eigenvalue weighted by molar-refractivity contribution is 9.10.